The van der Waals surface area contributed by atoms with E-state index in [1.54, 1.807) is 18.2 Å². The molecule has 18 heavy (non-hydrogen) atoms. The number of aliphatic hydroxyl groups excluding tert-OH is 1. The zero-order valence-electron chi connectivity index (χ0n) is 10.1. The Balaban J connectivity index is 2.95. The number of rotatable bonds is 6. The monoisotopic (exact) mass is 322 g/mol. The third-order valence-electron chi connectivity index (χ3n) is 2.57. The Bertz CT molecular complexity index is 388. The molecule has 0 bridgehead atoms. The number of aliphatic hydroxyl groups is 1. The van der Waals surface area contributed by atoms with Crippen molar-refractivity contribution in [1.82, 2.24) is 0 Å². The van der Waals surface area contributed by atoms with Crippen LogP contribution in [0, 0.1) is 0 Å². The number of hydrogen-bond donors (Lipinski definition) is 2. The van der Waals surface area contributed by atoms with Crippen LogP contribution in [-0.2, 0) is 0 Å². The molecule has 0 aliphatic rings. The van der Waals surface area contributed by atoms with Gasteiger partial charge in [0.1, 0.15) is 0 Å². The fraction of sp³-hybridized carbons (Fsp3) is 0.500. The second-order valence-electron chi connectivity index (χ2n) is 4.06. The summed E-state index contributed by atoms with van der Waals surface area (Å²) in [5, 5.41) is 8.90. The maximum absolute atomic E-state index is 12.4. The molecular weight excluding hydrogens is 306 g/mol. The van der Waals surface area contributed by atoms with Gasteiger partial charge in [-0.05, 0) is 24.6 Å². The minimum atomic E-state index is -2.44. The van der Waals surface area contributed by atoms with E-state index in [1.165, 1.54) is 4.90 Å². The van der Waals surface area contributed by atoms with Crippen LogP contribution in [0.5, 0.6) is 0 Å². The third kappa shape index (κ3) is 4.19. The van der Waals surface area contributed by atoms with Crippen molar-refractivity contribution >= 4 is 21.6 Å². The maximum atomic E-state index is 12.4. The molecule has 0 aliphatic heterocycles. The normalized spacial score (nSPS) is 12.8. The Morgan fingerprint density at radius 1 is 1.44 bits per heavy atom. The average molecular weight is 323 g/mol. The Labute approximate surface area is 114 Å². The van der Waals surface area contributed by atoms with Crippen molar-refractivity contribution in [3.8, 4) is 0 Å². The van der Waals surface area contributed by atoms with E-state index in [4.69, 9.17) is 10.8 Å². The summed E-state index contributed by atoms with van der Waals surface area (Å²) in [7, 11) is 0. The maximum Gasteiger partial charge on any atom is 0.255 e. The fourth-order valence-electron chi connectivity index (χ4n) is 1.70. The fourth-order valence-corrected chi connectivity index (χ4v) is 2.42. The van der Waals surface area contributed by atoms with Crippen LogP contribution < -0.4 is 10.6 Å². The highest BCUT2D eigenvalue weighted by molar-refractivity contribution is 9.10. The van der Waals surface area contributed by atoms with Gasteiger partial charge in [0.05, 0.1) is 13.2 Å². The van der Waals surface area contributed by atoms with Crippen molar-refractivity contribution in [1.29, 1.82) is 0 Å². The molecule has 0 amide bonds. The van der Waals surface area contributed by atoms with Gasteiger partial charge in [0.25, 0.3) is 6.43 Å². The molecule has 1 aromatic carbocycles. The highest BCUT2D eigenvalue weighted by Gasteiger charge is 2.14. The minimum Gasteiger partial charge on any atom is -0.395 e. The summed E-state index contributed by atoms with van der Waals surface area (Å²) >= 11 is 3.38. The molecule has 0 spiro atoms. The summed E-state index contributed by atoms with van der Waals surface area (Å²) in [4.78, 5) is 1.44. The molecule has 1 atom stereocenters. The lowest BCUT2D eigenvalue weighted by molar-refractivity contribution is 0.153. The van der Waals surface area contributed by atoms with E-state index in [0.717, 1.165) is 10.0 Å². The molecule has 0 aliphatic carbocycles. The smallest absolute Gasteiger partial charge is 0.255 e. The standard InChI is InChI=1S/C12H17BrF2N2O/c1-8(16)10-3-2-9(6-11(10)13)17(4-5-18)7-12(14)15/h2-3,6,8,12,18H,4-5,7,16H2,1H3. The highest BCUT2D eigenvalue weighted by atomic mass is 79.9. The van der Waals surface area contributed by atoms with E-state index in [-0.39, 0.29) is 19.2 Å². The lowest BCUT2D eigenvalue weighted by atomic mass is 10.1. The molecule has 0 heterocycles. The van der Waals surface area contributed by atoms with Crippen LogP contribution in [0.25, 0.3) is 0 Å². The second-order valence-corrected chi connectivity index (χ2v) is 4.91. The Morgan fingerprint density at radius 2 is 2.11 bits per heavy atom. The van der Waals surface area contributed by atoms with Crippen LogP contribution in [0.2, 0.25) is 0 Å². The molecular formula is C12H17BrF2N2O. The van der Waals surface area contributed by atoms with Gasteiger partial charge >= 0.3 is 0 Å². The molecule has 0 saturated carbocycles. The van der Waals surface area contributed by atoms with Gasteiger partial charge in [-0.3, -0.25) is 0 Å². The molecule has 3 nitrogen and oxygen atoms in total. The van der Waals surface area contributed by atoms with Crippen LogP contribution in [0.4, 0.5) is 14.5 Å². The van der Waals surface area contributed by atoms with Gasteiger partial charge in [-0.2, -0.15) is 0 Å². The molecule has 0 saturated heterocycles. The Kier molecular flexibility index (Phi) is 5.98. The minimum absolute atomic E-state index is 0.130. The first-order valence-corrected chi connectivity index (χ1v) is 6.44. The van der Waals surface area contributed by atoms with Crippen LogP contribution in [0.15, 0.2) is 22.7 Å². The second kappa shape index (κ2) is 7.01. The first-order valence-electron chi connectivity index (χ1n) is 5.64. The van der Waals surface area contributed by atoms with Gasteiger partial charge in [-0.25, -0.2) is 8.78 Å². The Hall–Kier alpha value is -0.720. The third-order valence-corrected chi connectivity index (χ3v) is 3.25. The topological polar surface area (TPSA) is 49.5 Å². The van der Waals surface area contributed by atoms with Crippen LogP contribution >= 0.6 is 15.9 Å². The van der Waals surface area contributed by atoms with E-state index in [0.29, 0.717) is 5.69 Å². The first kappa shape index (κ1) is 15.3. The highest BCUT2D eigenvalue weighted by Crippen LogP contribution is 2.27. The van der Waals surface area contributed by atoms with Crippen molar-refractivity contribution in [2.24, 2.45) is 5.73 Å². The lowest BCUT2D eigenvalue weighted by Crippen LogP contribution is -2.31. The van der Waals surface area contributed by atoms with Crippen molar-refractivity contribution in [3.05, 3.63) is 28.2 Å². The summed E-state index contributed by atoms with van der Waals surface area (Å²) in [5.41, 5.74) is 7.33. The molecule has 1 unspecified atom stereocenters. The molecule has 102 valence electrons. The predicted octanol–water partition coefficient (Wildman–Crippen LogP) is 2.53. The largest absolute Gasteiger partial charge is 0.395 e. The Morgan fingerprint density at radius 3 is 2.56 bits per heavy atom. The van der Waals surface area contributed by atoms with E-state index >= 15 is 0 Å². The van der Waals surface area contributed by atoms with E-state index < -0.39 is 13.0 Å². The number of nitrogens with zero attached hydrogens (tertiary/aromatic N) is 1. The number of benzene rings is 1. The summed E-state index contributed by atoms with van der Waals surface area (Å²) in [6.07, 6.45) is -2.44. The number of nitrogens with two attached hydrogens (primary N) is 1. The molecule has 3 N–H and O–H groups in total. The van der Waals surface area contributed by atoms with Gasteiger partial charge in [0, 0.05) is 22.7 Å². The van der Waals surface area contributed by atoms with E-state index in [9.17, 15) is 8.78 Å². The number of anilines is 1. The average Bonchev–Trinajstić information content (AvgIpc) is 2.27. The van der Waals surface area contributed by atoms with E-state index in [1.807, 2.05) is 6.92 Å². The SMILES string of the molecule is CC(N)c1ccc(N(CCO)CC(F)F)cc1Br. The summed E-state index contributed by atoms with van der Waals surface area (Å²) in [6.45, 7) is 1.46. The van der Waals surface area contributed by atoms with Crippen LogP contribution in [0.3, 0.4) is 0 Å². The number of alkyl halides is 2. The van der Waals surface area contributed by atoms with Gasteiger partial charge < -0.3 is 15.7 Å². The summed E-state index contributed by atoms with van der Waals surface area (Å²) < 4.78 is 25.7. The van der Waals surface area contributed by atoms with Crippen LogP contribution in [-0.4, -0.2) is 31.2 Å². The predicted molar refractivity (Wildman–Crippen MR) is 72.0 cm³/mol. The molecule has 0 radical (unpaired) electrons. The first-order chi connectivity index (χ1) is 8.45. The number of halogens is 3. The van der Waals surface area contributed by atoms with Crippen molar-refractivity contribution < 1.29 is 13.9 Å². The molecule has 0 fully saturated rings. The van der Waals surface area contributed by atoms with Gasteiger partial charge in [0.15, 0.2) is 0 Å². The zero-order chi connectivity index (χ0) is 13.7. The molecule has 0 aromatic heterocycles. The lowest BCUT2D eigenvalue weighted by Gasteiger charge is -2.24. The summed E-state index contributed by atoms with van der Waals surface area (Å²) in [5.74, 6) is 0. The molecule has 1 rings (SSSR count). The summed E-state index contributed by atoms with van der Waals surface area (Å²) in [6, 6.07) is 5.16. The zero-order valence-corrected chi connectivity index (χ0v) is 11.7. The molecule has 1 aromatic rings. The molecule has 6 heteroatoms. The van der Waals surface area contributed by atoms with Crippen LogP contribution in [0.1, 0.15) is 18.5 Å². The van der Waals surface area contributed by atoms with Crippen molar-refractivity contribution in [3.63, 3.8) is 0 Å². The van der Waals surface area contributed by atoms with Crippen molar-refractivity contribution in [2.45, 2.75) is 19.4 Å². The van der Waals surface area contributed by atoms with E-state index in [2.05, 4.69) is 15.9 Å². The number of hydrogen-bond acceptors (Lipinski definition) is 3. The van der Waals surface area contributed by atoms with Gasteiger partial charge in [0.2, 0.25) is 0 Å². The van der Waals surface area contributed by atoms with Gasteiger partial charge in [-0.15, -0.1) is 0 Å². The van der Waals surface area contributed by atoms with Gasteiger partial charge in [-0.1, -0.05) is 22.0 Å². The quantitative estimate of drug-likeness (QED) is 0.846. The van der Waals surface area contributed by atoms with Crippen molar-refractivity contribution in [2.75, 3.05) is 24.6 Å².